The molecule has 0 fully saturated rings. The normalized spacial score (nSPS) is 18.9. The summed E-state index contributed by atoms with van der Waals surface area (Å²) in [6.45, 7) is 3.27. The van der Waals surface area contributed by atoms with E-state index < -0.39 is 0 Å². The van der Waals surface area contributed by atoms with Crippen LogP contribution in [0, 0.1) is 6.92 Å². The maximum absolute atomic E-state index is 6.18. The van der Waals surface area contributed by atoms with Crippen LogP contribution < -0.4 is 0 Å². The van der Waals surface area contributed by atoms with Crippen LogP contribution >= 0.6 is 0 Å². The minimum atomic E-state index is 0.217. The van der Waals surface area contributed by atoms with Gasteiger partial charge in [0.15, 0.2) is 0 Å². The predicted molar refractivity (Wildman–Crippen MR) is 84.7 cm³/mol. The summed E-state index contributed by atoms with van der Waals surface area (Å²) < 4.78 is 6.18. The van der Waals surface area contributed by atoms with E-state index in [9.17, 15) is 0 Å². The number of likely N-dealkylation sites (N-methyl/N-ethyl adjacent to an activating group) is 1. The van der Waals surface area contributed by atoms with E-state index in [4.69, 9.17) is 4.42 Å². The highest BCUT2D eigenvalue weighted by Gasteiger charge is 2.29. The maximum Gasteiger partial charge on any atom is 0.134 e. The lowest BCUT2D eigenvalue weighted by Crippen LogP contribution is -2.33. The molecule has 1 aromatic rings. The Morgan fingerprint density at radius 1 is 1.05 bits per heavy atom. The molecule has 2 nitrogen and oxygen atoms in total. The molecule has 4 rings (SSSR count). The number of hydrogen-bond donors (Lipinski definition) is 0. The summed E-state index contributed by atoms with van der Waals surface area (Å²) in [5, 5.41) is 0. The first-order valence-electron chi connectivity index (χ1n) is 7.51. The highest BCUT2D eigenvalue weighted by atomic mass is 16.3. The second-order valence-electron chi connectivity index (χ2n) is 5.96. The summed E-state index contributed by atoms with van der Waals surface area (Å²) in [6.07, 6.45) is 1.11. The number of nitrogens with zero attached hydrogens (tertiary/aromatic N) is 1. The quantitative estimate of drug-likeness (QED) is 0.660. The second-order valence-corrected chi connectivity index (χ2v) is 5.96. The largest absolute Gasteiger partial charge is 0.459 e. The first-order valence-corrected chi connectivity index (χ1v) is 7.51. The fraction of sp³-hybridized carbons (Fsp3) is 0.263. The van der Waals surface area contributed by atoms with Crippen LogP contribution in [-0.4, -0.2) is 18.5 Å². The molecule has 0 radical (unpaired) electrons. The van der Waals surface area contributed by atoms with Gasteiger partial charge in [-0.3, -0.25) is 4.90 Å². The van der Waals surface area contributed by atoms with Crippen molar-refractivity contribution in [1.29, 1.82) is 0 Å². The van der Waals surface area contributed by atoms with Crippen molar-refractivity contribution < 1.29 is 4.42 Å². The highest BCUT2D eigenvalue weighted by Crippen LogP contribution is 2.38. The third kappa shape index (κ3) is 1.98. The van der Waals surface area contributed by atoms with Crippen molar-refractivity contribution in [2.75, 3.05) is 13.6 Å². The van der Waals surface area contributed by atoms with Gasteiger partial charge in [-0.05, 0) is 55.3 Å². The Labute approximate surface area is 125 Å². The zero-order valence-electron chi connectivity index (χ0n) is 12.5. The molecular weight excluding hydrogens is 258 g/mol. The molecule has 2 heteroatoms. The SMILES string of the molecule is Cc1cccc2c1C(c1ccc3cccc-3o1)N(C)CC2. The minimum Gasteiger partial charge on any atom is -0.459 e. The topological polar surface area (TPSA) is 16.4 Å². The molecule has 1 aliphatic carbocycles. The Morgan fingerprint density at radius 2 is 1.90 bits per heavy atom. The lowest BCUT2D eigenvalue weighted by atomic mass is 9.88. The molecule has 106 valence electrons. The summed E-state index contributed by atoms with van der Waals surface area (Å²) >= 11 is 0. The van der Waals surface area contributed by atoms with Gasteiger partial charge >= 0.3 is 0 Å². The standard InChI is InChI=1S/C19H19NO/c1-13-5-3-7-15-11-12-20(2)19(18(13)15)17-10-9-14-6-4-8-16(14)21-17/h3-10,19H,11-12H2,1-2H3. The third-order valence-electron chi connectivity index (χ3n) is 4.59. The molecule has 0 saturated carbocycles. The molecule has 0 saturated heterocycles. The third-order valence-corrected chi connectivity index (χ3v) is 4.59. The number of rotatable bonds is 1. The molecule has 0 aromatic heterocycles. The van der Waals surface area contributed by atoms with Crippen LogP contribution in [0.15, 0.2) is 52.9 Å². The van der Waals surface area contributed by atoms with Gasteiger partial charge in [0.2, 0.25) is 0 Å². The van der Waals surface area contributed by atoms with Crippen LogP contribution in [0.1, 0.15) is 28.5 Å². The molecule has 1 aromatic carbocycles. The number of fused-ring (bicyclic) bond motifs is 2. The average molecular weight is 277 g/mol. The van der Waals surface area contributed by atoms with Gasteiger partial charge in [-0.15, -0.1) is 0 Å². The van der Waals surface area contributed by atoms with E-state index in [2.05, 4.69) is 55.3 Å². The van der Waals surface area contributed by atoms with E-state index in [1.165, 1.54) is 22.3 Å². The molecule has 0 N–H and O–H groups in total. The molecule has 0 spiro atoms. The molecule has 2 aliphatic heterocycles. The van der Waals surface area contributed by atoms with Crippen molar-refractivity contribution in [3.05, 3.63) is 71.0 Å². The molecule has 1 atom stereocenters. The Morgan fingerprint density at radius 3 is 2.81 bits per heavy atom. The maximum atomic E-state index is 6.18. The van der Waals surface area contributed by atoms with E-state index in [1.807, 2.05) is 12.1 Å². The summed E-state index contributed by atoms with van der Waals surface area (Å²) in [7, 11) is 2.19. The Hall–Kier alpha value is -2.06. The Bertz CT molecular complexity index is 758. The second kappa shape index (κ2) is 4.74. The van der Waals surface area contributed by atoms with Gasteiger partial charge in [0, 0.05) is 12.1 Å². The molecule has 3 aliphatic rings. The van der Waals surface area contributed by atoms with Gasteiger partial charge in [0.25, 0.3) is 0 Å². The van der Waals surface area contributed by atoms with Crippen LogP contribution in [-0.2, 0) is 6.42 Å². The predicted octanol–water partition coefficient (Wildman–Crippen LogP) is 4.27. The number of hydrogen-bond acceptors (Lipinski definition) is 2. The van der Waals surface area contributed by atoms with E-state index in [-0.39, 0.29) is 6.04 Å². The smallest absolute Gasteiger partial charge is 0.134 e. The van der Waals surface area contributed by atoms with Crippen molar-refractivity contribution >= 4 is 0 Å². The zero-order valence-corrected chi connectivity index (χ0v) is 12.5. The van der Waals surface area contributed by atoms with E-state index in [1.54, 1.807) is 0 Å². The van der Waals surface area contributed by atoms with Crippen LogP contribution in [0.5, 0.6) is 0 Å². The van der Waals surface area contributed by atoms with Crippen LogP contribution in [0.2, 0.25) is 0 Å². The average Bonchev–Trinajstić information content (AvgIpc) is 2.95. The van der Waals surface area contributed by atoms with Gasteiger partial charge in [-0.1, -0.05) is 30.3 Å². The molecule has 1 unspecified atom stereocenters. The Kier molecular flexibility index (Phi) is 2.86. The van der Waals surface area contributed by atoms with Gasteiger partial charge in [0.1, 0.15) is 11.5 Å². The molecular formula is C19H19NO. The summed E-state index contributed by atoms with van der Waals surface area (Å²) in [4.78, 5) is 2.39. The highest BCUT2D eigenvalue weighted by molar-refractivity contribution is 5.60. The molecule has 2 heterocycles. The van der Waals surface area contributed by atoms with Crippen molar-refractivity contribution in [3.63, 3.8) is 0 Å². The number of aryl methyl sites for hydroxylation is 1. The van der Waals surface area contributed by atoms with Crippen molar-refractivity contribution in [2.24, 2.45) is 0 Å². The van der Waals surface area contributed by atoms with Gasteiger partial charge in [0.05, 0.1) is 6.04 Å². The van der Waals surface area contributed by atoms with E-state index in [0.717, 1.165) is 24.5 Å². The van der Waals surface area contributed by atoms with Crippen molar-refractivity contribution in [3.8, 4) is 11.3 Å². The molecule has 0 bridgehead atoms. The number of benzene rings is 1. The Balaban J connectivity index is 1.90. The van der Waals surface area contributed by atoms with E-state index in [0.29, 0.717) is 0 Å². The first-order chi connectivity index (χ1) is 10.2. The van der Waals surface area contributed by atoms with Crippen molar-refractivity contribution in [1.82, 2.24) is 4.90 Å². The lowest BCUT2D eigenvalue weighted by Gasteiger charge is -2.35. The van der Waals surface area contributed by atoms with Crippen LogP contribution in [0.25, 0.3) is 11.3 Å². The lowest BCUT2D eigenvalue weighted by molar-refractivity contribution is 0.233. The van der Waals surface area contributed by atoms with Gasteiger partial charge in [-0.2, -0.15) is 0 Å². The summed E-state index contributed by atoms with van der Waals surface area (Å²) in [5.41, 5.74) is 5.39. The van der Waals surface area contributed by atoms with Crippen LogP contribution in [0.4, 0.5) is 0 Å². The van der Waals surface area contributed by atoms with E-state index >= 15 is 0 Å². The molecule has 21 heavy (non-hydrogen) atoms. The fourth-order valence-corrected chi connectivity index (χ4v) is 3.48. The monoisotopic (exact) mass is 277 g/mol. The summed E-state index contributed by atoms with van der Waals surface area (Å²) in [6, 6.07) is 17.3. The molecule has 0 amide bonds. The summed E-state index contributed by atoms with van der Waals surface area (Å²) in [5.74, 6) is 2.01. The van der Waals surface area contributed by atoms with Gasteiger partial charge < -0.3 is 4.42 Å². The van der Waals surface area contributed by atoms with Gasteiger partial charge in [-0.25, -0.2) is 0 Å². The fourth-order valence-electron chi connectivity index (χ4n) is 3.48. The minimum absolute atomic E-state index is 0.217. The van der Waals surface area contributed by atoms with Crippen LogP contribution in [0.3, 0.4) is 0 Å². The zero-order chi connectivity index (χ0) is 14.4. The van der Waals surface area contributed by atoms with Crippen molar-refractivity contribution in [2.45, 2.75) is 19.4 Å². The first kappa shape index (κ1) is 12.7.